The number of benzene rings is 2. The molecule has 0 aromatic heterocycles. The van der Waals surface area contributed by atoms with Gasteiger partial charge in [-0.2, -0.15) is 0 Å². The average molecular weight is 231 g/mol. The molecule has 0 saturated carbocycles. The van der Waals surface area contributed by atoms with Crippen molar-refractivity contribution in [2.24, 2.45) is 0 Å². The molecule has 3 N–H and O–H groups in total. The van der Waals surface area contributed by atoms with Crippen LogP contribution >= 0.6 is 0 Å². The highest BCUT2D eigenvalue weighted by Crippen LogP contribution is 2.23. The molecule has 0 radical (unpaired) electrons. The predicted octanol–water partition coefficient (Wildman–Crippen LogP) is 2.77. The zero-order chi connectivity index (χ0) is 12.4. The lowest BCUT2D eigenvalue weighted by Crippen LogP contribution is -1.96. The van der Waals surface area contributed by atoms with E-state index in [1.54, 1.807) is 18.2 Å². The molecule has 0 bridgehead atoms. The van der Waals surface area contributed by atoms with Crippen molar-refractivity contribution in [3.63, 3.8) is 0 Å². The van der Waals surface area contributed by atoms with Gasteiger partial charge in [-0.05, 0) is 35.4 Å². The van der Waals surface area contributed by atoms with Crippen LogP contribution in [0.2, 0.25) is 0 Å². The average Bonchev–Trinajstić information content (AvgIpc) is 2.33. The Morgan fingerprint density at radius 1 is 1.12 bits per heavy atom. The first-order valence-electron chi connectivity index (χ1n) is 4.96. The molecule has 17 heavy (non-hydrogen) atoms. The third kappa shape index (κ3) is 2.25. The van der Waals surface area contributed by atoms with Crippen LogP contribution in [-0.4, -0.2) is 11.1 Å². The fourth-order valence-electron chi connectivity index (χ4n) is 1.54. The first kappa shape index (κ1) is 11.1. The van der Waals surface area contributed by atoms with Crippen LogP contribution in [0, 0.1) is 5.82 Å². The zero-order valence-electron chi connectivity index (χ0n) is 8.85. The van der Waals surface area contributed by atoms with Gasteiger partial charge in [0.2, 0.25) is 0 Å². The highest BCUT2D eigenvalue weighted by atomic mass is 19.1. The van der Waals surface area contributed by atoms with Crippen molar-refractivity contribution in [2.45, 2.75) is 0 Å². The van der Waals surface area contributed by atoms with Gasteiger partial charge in [0.15, 0.2) is 0 Å². The van der Waals surface area contributed by atoms with Gasteiger partial charge < -0.3 is 10.8 Å². The summed E-state index contributed by atoms with van der Waals surface area (Å²) in [4.78, 5) is 10.8. The second kappa shape index (κ2) is 4.25. The van der Waals surface area contributed by atoms with Gasteiger partial charge >= 0.3 is 5.97 Å². The molecular formula is C13H10FNO2. The normalized spacial score (nSPS) is 10.2. The van der Waals surface area contributed by atoms with E-state index in [1.807, 2.05) is 0 Å². The minimum atomic E-state index is -1.01. The Labute approximate surface area is 97.3 Å². The molecule has 0 atom stereocenters. The number of carbonyl (C=O) groups is 1. The molecule has 0 fully saturated rings. The van der Waals surface area contributed by atoms with Gasteiger partial charge in [0.05, 0.1) is 11.3 Å². The molecule has 0 aliphatic rings. The largest absolute Gasteiger partial charge is 0.478 e. The summed E-state index contributed by atoms with van der Waals surface area (Å²) < 4.78 is 13.3. The molecule has 0 aliphatic heterocycles. The van der Waals surface area contributed by atoms with E-state index in [0.29, 0.717) is 11.1 Å². The van der Waals surface area contributed by atoms with Crippen molar-refractivity contribution in [1.29, 1.82) is 0 Å². The number of halogens is 1. The maximum Gasteiger partial charge on any atom is 0.335 e. The lowest BCUT2D eigenvalue weighted by molar-refractivity contribution is 0.0697. The first-order valence-corrected chi connectivity index (χ1v) is 4.96. The summed E-state index contributed by atoms with van der Waals surface area (Å²) in [6.45, 7) is 0. The van der Waals surface area contributed by atoms with E-state index in [2.05, 4.69) is 0 Å². The minimum Gasteiger partial charge on any atom is -0.478 e. The number of hydrogen-bond acceptors (Lipinski definition) is 2. The van der Waals surface area contributed by atoms with Crippen molar-refractivity contribution in [2.75, 3.05) is 5.73 Å². The van der Waals surface area contributed by atoms with Crippen LogP contribution in [0.15, 0.2) is 42.5 Å². The van der Waals surface area contributed by atoms with Gasteiger partial charge in [-0.15, -0.1) is 0 Å². The maximum atomic E-state index is 13.3. The second-order valence-electron chi connectivity index (χ2n) is 3.62. The monoisotopic (exact) mass is 231 g/mol. The molecule has 2 aromatic carbocycles. The molecule has 86 valence electrons. The summed E-state index contributed by atoms with van der Waals surface area (Å²) >= 11 is 0. The highest BCUT2D eigenvalue weighted by molar-refractivity contribution is 5.89. The molecule has 0 unspecified atom stereocenters. The van der Waals surface area contributed by atoms with Gasteiger partial charge in [0, 0.05) is 0 Å². The maximum absolute atomic E-state index is 13.3. The van der Waals surface area contributed by atoms with Crippen molar-refractivity contribution < 1.29 is 14.3 Å². The number of carboxylic acid groups (broad SMARTS) is 1. The van der Waals surface area contributed by atoms with E-state index >= 15 is 0 Å². The summed E-state index contributed by atoms with van der Waals surface area (Å²) in [5.41, 5.74) is 6.85. The Balaban J connectivity index is 2.49. The number of nitrogen functional groups attached to an aromatic ring is 1. The number of anilines is 1. The van der Waals surface area contributed by atoms with Gasteiger partial charge in [-0.25, -0.2) is 9.18 Å². The number of nitrogens with two attached hydrogens (primary N) is 1. The molecule has 2 aromatic rings. The van der Waals surface area contributed by atoms with Crippen molar-refractivity contribution in [3.8, 4) is 11.1 Å². The zero-order valence-corrected chi connectivity index (χ0v) is 8.85. The standard InChI is InChI=1S/C13H10FNO2/c14-11-7-9(4-5-12(11)15)8-2-1-3-10(6-8)13(16)17/h1-7H,15H2,(H,16,17). The summed E-state index contributed by atoms with van der Waals surface area (Å²) in [7, 11) is 0. The van der Waals surface area contributed by atoms with Gasteiger partial charge in [0.25, 0.3) is 0 Å². The Kier molecular flexibility index (Phi) is 2.78. The minimum absolute atomic E-state index is 0.0724. The Morgan fingerprint density at radius 3 is 2.47 bits per heavy atom. The topological polar surface area (TPSA) is 63.3 Å². The summed E-state index contributed by atoms with van der Waals surface area (Å²) in [6, 6.07) is 10.7. The molecule has 2 rings (SSSR count). The van der Waals surface area contributed by atoms with Crippen molar-refractivity contribution in [3.05, 3.63) is 53.8 Å². The number of carboxylic acids is 1. The fourth-order valence-corrected chi connectivity index (χ4v) is 1.54. The fraction of sp³-hybridized carbons (Fsp3) is 0. The van der Waals surface area contributed by atoms with Crippen LogP contribution in [0.1, 0.15) is 10.4 Å². The quantitative estimate of drug-likeness (QED) is 0.781. The molecule has 0 saturated heterocycles. The smallest absolute Gasteiger partial charge is 0.335 e. The lowest BCUT2D eigenvalue weighted by atomic mass is 10.0. The molecule has 0 heterocycles. The number of hydrogen-bond donors (Lipinski definition) is 2. The number of aromatic carboxylic acids is 1. The Hall–Kier alpha value is -2.36. The van der Waals surface area contributed by atoms with E-state index in [-0.39, 0.29) is 11.3 Å². The van der Waals surface area contributed by atoms with Gasteiger partial charge in [0.1, 0.15) is 5.82 Å². The molecule has 0 amide bonds. The van der Waals surface area contributed by atoms with Crippen LogP contribution in [0.4, 0.5) is 10.1 Å². The van der Waals surface area contributed by atoms with Crippen LogP contribution in [0.3, 0.4) is 0 Å². The van der Waals surface area contributed by atoms with Gasteiger partial charge in [-0.1, -0.05) is 18.2 Å². The highest BCUT2D eigenvalue weighted by Gasteiger charge is 2.06. The summed E-state index contributed by atoms with van der Waals surface area (Å²) in [5.74, 6) is -1.52. The Bertz CT molecular complexity index is 581. The van der Waals surface area contributed by atoms with E-state index in [9.17, 15) is 9.18 Å². The van der Waals surface area contributed by atoms with Crippen LogP contribution in [0.5, 0.6) is 0 Å². The third-order valence-corrected chi connectivity index (χ3v) is 2.44. The van der Waals surface area contributed by atoms with E-state index < -0.39 is 11.8 Å². The molecule has 0 aliphatic carbocycles. The van der Waals surface area contributed by atoms with E-state index in [1.165, 1.54) is 24.3 Å². The summed E-state index contributed by atoms with van der Waals surface area (Å²) in [5, 5.41) is 8.86. The van der Waals surface area contributed by atoms with E-state index in [4.69, 9.17) is 10.8 Å². The lowest BCUT2D eigenvalue weighted by Gasteiger charge is -2.04. The summed E-state index contributed by atoms with van der Waals surface area (Å²) in [6.07, 6.45) is 0. The van der Waals surface area contributed by atoms with Crippen LogP contribution in [0.25, 0.3) is 11.1 Å². The van der Waals surface area contributed by atoms with Crippen LogP contribution in [-0.2, 0) is 0 Å². The van der Waals surface area contributed by atoms with Crippen molar-refractivity contribution >= 4 is 11.7 Å². The Morgan fingerprint density at radius 2 is 1.82 bits per heavy atom. The number of rotatable bonds is 2. The van der Waals surface area contributed by atoms with Crippen molar-refractivity contribution in [1.82, 2.24) is 0 Å². The molecule has 3 nitrogen and oxygen atoms in total. The second-order valence-corrected chi connectivity index (χ2v) is 3.62. The first-order chi connectivity index (χ1) is 8.08. The SMILES string of the molecule is Nc1ccc(-c2cccc(C(=O)O)c2)cc1F. The van der Waals surface area contributed by atoms with Crippen LogP contribution < -0.4 is 5.73 Å². The molecular weight excluding hydrogens is 221 g/mol. The molecule has 0 spiro atoms. The third-order valence-electron chi connectivity index (χ3n) is 2.44. The van der Waals surface area contributed by atoms with E-state index in [0.717, 1.165) is 0 Å². The predicted molar refractivity (Wildman–Crippen MR) is 63.2 cm³/mol. The molecule has 4 heteroatoms. The van der Waals surface area contributed by atoms with Gasteiger partial charge in [-0.3, -0.25) is 0 Å².